The molecular formula is C31H35N5O4S. The minimum absolute atomic E-state index is 0.0728. The molecule has 2 aromatic carbocycles. The highest BCUT2D eigenvalue weighted by molar-refractivity contribution is 7.98. The van der Waals surface area contributed by atoms with Gasteiger partial charge in [-0.1, -0.05) is 36.8 Å². The van der Waals surface area contributed by atoms with Crippen LogP contribution in [0.2, 0.25) is 0 Å². The zero-order chi connectivity index (χ0) is 29.9. The molecule has 0 aliphatic carbocycles. The number of nitro groups is 1. The van der Waals surface area contributed by atoms with E-state index in [0.29, 0.717) is 60.0 Å². The highest BCUT2D eigenvalue weighted by Crippen LogP contribution is 2.43. The number of pyridine rings is 1. The van der Waals surface area contributed by atoms with Crippen molar-refractivity contribution in [3.8, 4) is 28.5 Å². The molecule has 4 rings (SSSR count). The summed E-state index contributed by atoms with van der Waals surface area (Å²) >= 11 is 1.35. The van der Waals surface area contributed by atoms with Crippen molar-refractivity contribution in [1.29, 1.82) is 5.26 Å². The minimum atomic E-state index is -0.577. The van der Waals surface area contributed by atoms with Gasteiger partial charge in [0.05, 0.1) is 21.7 Å². The predicted molar refractivity (Wildman–Crippen MR) is 162 cm³/mol. The molecule has 9 nitrogen and oxygen atoms in total. The monoisotopic (exact) mass is 573 g/mol. The summed E-state index contributed by atoms with van der Waals surface area (Å²) in [5.74, 6) is 0. The fourth-order valence-electron chi connectivity index (χ4n) is 5.00. The molecule has 0 bridgehead atoms. The number of rotatable bonds is 6. The summed E-state index contributed by atoms with van der Waals surface area (Å²) in [5.41, 5.74) is 4.87. The van der Waals surface area contributed by atoms with Gasteiger partial charge in [-0.3, -0.25) is 10.1 Å². The summed E-state index contributed by atoms with van der Waals surface area (Å²) < 4.78 is 5.49. The number of aryl methyl sites for hydroxylation is 1. The maximum absolute atomic E-state index is 12.5. The lowest BCUT2D eigenvalue weighted by atomic mass is 9.90. The topological polar surface area (TPSA) is 113 Å². The number of hydrogen-bond donors (Lipinski definition) is 0. The van der Waals surface area contributed by atoms with E-state index in [1.165, 1.54) is 11.8 Å². The van der Waals surface area contributed by atoms with Crippen molar-refractivity contribution < 1.29 is 14.5 Å². The summed E-state index contributed by atoms with van der Waals surface area (Å²) in [6.45, 7) is 11.4. The molecule has 41 heavy (non-hydrogen) atoms. The fraction of sp³-hybridized carbons (Fsp3) is 0.387. The van der Waals surface area contributed by atoms with Gasteiger partial charge in [0.25, 0.3) is 5.69 Å². The van der Waals surface area contributed by atoms with Crippen molar-refractivity contribution >= 4 is 29.2 Å². The number of nitrogens with zero attached hydrogens (tertiary/aromatic N) is 5. The van der Waals surface area contributed by atoms with Crippen molar-refractivity contribution in [2.24, 2.45) is 0 Å². The van der Waals surface area contributed by atoms with Gasteiger partial charge in [0.15, 0.2) is 0 Å². The molecule has 0 saturated carbocycles. The van der Waals surface area contributed by atoms with Gasteiger partial charge in [0.2, 0.25) is 0 Å². The number of anilines is 1. The maximum atomic E-state index is 12.5. The Balaban J connectivity index is 1.77. The molecule has 0 spiro atoms. The number of nitro benzene ring substituents is 1. The van der Waals surface area contributed by atoms with Crippen molar-refractivity contribution in [1.82, 2.24) is 9.88 Å². The SMILES string of the molecule is CCc1c(-c2ccc(C)cc2)nc(SC)c(C#N)c1-c1ccc(N2CCN(C(=O)OC(C)(C)C)CC2)cc1[N+](=O)[O-]. The van der Waals surface area contributed by atoms with Gasteiger partial charge in [0.1, 0.15) is 16.7 Å². The molecule has 0 atom stereocenters. The van der Waals surface area contributed by atoms with E-state index in [2.05, 4.69) is 6.07 Å². The number of amides is 1. The summed E-state index contributed by atoms with van der Waals surface area (Å²) in [6, 6.07) is 15.5. The molecule has 1 aliphatic heterocycles. The minimum Gasteiger partial charge on any atom is -0.444 e. The van der Waals surface area contributed by atoms with Crippen molar-refractivity contribution in [2.75, 3.05) is 37.3 Å². The maximum Gasteiger partial charge on any atom is 0.410 e. The Bertz CT molecular complexity index is 1500. The largest absolute Gasteiger partial charge is 0.444 e. The molecule has 0 radical (unpaired) electrons. The van der Waals surface area contributed by atoms with Crippen LogP contribution in [0.25, 0.3) is 22.4 Å². The second kappa shape index (κ2) is 12.2. The molecule has 1 fully saturated rings. The molecule has 10 heteroatoms. The van der Waals surface area contributed by atoms with Crippen LogP contribution in [-0.4, -0.2) is 58.9 Å². The number of ether oxygens (including phenoxy) is 1. The van der Waals surface area contributed by atoms with Gasteiger partial charge in [-0.25, -0.2) is 9.78 Å². The fourth-order valence-corrected chi connectivity index (χ4v) is 5.53. The zero-order valence-electron chi connectivity index (χ0n) is 24.4. The number of thioether (sulfide) groups is 1. The first-order valence-electron chi connectivity index (χ1n) is 13.6. The highest BCUT2D eigenvalue weighted by Gasteiger charge is 2.29. The third kappa shape index (κ3) is 6.46. The molecule has 1 saturated heterocycles. The van der Waals surface area contributed by atoms with E-state index in [9.17, 15) is 20.2 Å². The lowest BCUT2D eigenvalue weighted by molar-refractivity contribution is -0.384. The molecule has 1 amide bonds. The van der Waals surface area contributed by atoms with Crippen LogP contribution in [0.15, 0.2) is 47.5 Å². The summed E-state index contributed by atoms with van der Waals surface area (Å²) in [7, 11) is 0. The van der Waals surface area contributed by atoms with E-state index in [-0.39, 0.29) is 16.7 Å². The molecule has 0 N–H and O–H groups in total. The van der Waals surface area contributed by atoms with Gasteiger partial charge in [0, 0.05) is 49.1 Å². The summed E-state index contributed by atoms with van der Waals surface area (Å²) in [6.07, 6.45) is 2.04. The van der Waals surface area contributed by atoms with Crippen LogP contribution in [-0.2, 0) is 11.2 Å². The van der Waals surface area contributed by atoms with Crippen LogP contribution in [0.1, 0.15) is 44.4 Å². The van der Waals surface area contributed by atoms with Gasteiger partial charge in [-0.05, 0) is 58.1 Å². The first kappa shape index (κ1) is 29.9. The third-order valence-corrected chi connectivity index (χ3v) is 7.67. The Morgan fingerprint density at radius 2 is 1.80 bits per heavy atom. The normalized spacial score (nSPS) is 13.6. The number of nitriles is 1. The van der Waals surface area contributed by atoms with Gasteiger partial charge >= 0.3 is 6.09 Å². The van der Waals surface area contributed by atoms with Crippen LogP contribution in [0.4, 0.5) is 16.2 Å². The van der Waals surface area contributed by atoms with Crippen molar-refractivity contribution in [3.05, 3.63) is 69.3 Å². The first-order chi connectivity index (χ1) is 19.5. The number of hydrogen-bond acceptors (Lipinski definition) is 8. The predicted octanol–water partition coefficient (Wildman–Crippen LogP) is 6.85. The molecular weight excluding hydrogens is 538 g/mol. The number of carbonyl (C=O) groups excluding carboxylic acids is 1. The average molecular weight is 574 g/mol. The van der Waals surface area contributed by atoms with Crippen LogP contribution < -0.4 is 4.90 Å². The summed E-state index contributed by atoms with van der Waals surface area (Å²) in [5, 5.41) is 23.2. The molecule has 3 aromatic rings. The van der Waals surface area contributed by atoms with Gasteiger partial charge < -0.3 is 14.5 Å². The average Bonchev–Trinajstić information content (AvgIpc) is 2.95. The summed E-state index contributed by atoms with van der Waals surface area (Å²) in [4.78, 5) is 33.1. The molecule has 2 heterocycles. The lowest BCUT2D eigenvalue weighted by Gasteiger charge is -2.36. The van der Waals surface area contributed by atoms with E-state index in [4.69, 9.17) is 9.72 Å². The Morgan fingerprint density at radius 3 is 2.34 bits per heavy atom. The van der Waals surface area contributed by atoms with E-state index >= 15 is 0 Å². The standard InChI is InChI=1S/C31H35N5O4S/c1-7-23-27(25(19-32)29(41-6)33-28(23)21-10-8-20(2)9-11-21)24-13-12-22(18-26(24)36(38)39)34-14-16-35(17-15-34)30(37)40-31(3,4)5/h8-13,18H,7,14-17H2,1-6H3. The molecule has 0 unspecified atom stereocenters. The zero-order valence-corrected chi connectivity index (χ0v) is 25.2. The van der Waals surface area contributed by atoms with Crippen LogP contribution in [0, 0.1) is 28.4 Å². The first-order valence-corrected chi connectivity index (χ1v) is 14.8. The number of benzene rings is 2. The number of carbonyl (C=O) groups is 1. The molecule has 214 valence electrons. The van der Waals surface area contributed by atoms with Crippen molar-refractivity contribution in [3.63, 3.8) is 0 Å². The Labute approximate surface area is 245 Å². The van der Waals surface area contributed by atoms with Gasteiger partial charge in [-0.15, -0.1) is 11.8 Å². The highest BCUT2D eigenvalue weighted by atomic mass is 32.2. The lowest BCUT2D eigenvalue weighted by Crippen LogP contribution is -2.50. The van der Waals surface area contributed by atoms with Crippen LogP contribution >= 0.6 is 11.8 Å². The smallest absolute Gasteiger partial charge is 0.410 e. The molecule has 1 aliphatic rings. The Kier molecular flexibility index (Phi) is 8.88. The Hall–Kier alpha value is -4.10. The van der Waals surface area contributed by atoms with Crippen LogP contribution in [0.5, 0.6) is 0 Å². The van der Waals surface area contributed by atoms with Gasteiger partial charge in [-0.2, -0.15) is 5.26 Å². The molecule has 1 aromatic heterocycles. The number of piperazine rings is 1. The quantitative estimate of drug-likeness (QED) is 0.179. The van der Waals surface area contributed by atoms with E-state index < -0.39 is 5.60 Å². The van der Waals surface area contributed by atoms with E-state index in [0.717, 1.165) is 22.4 Å². The Morgan fingerprint density at radius 1 is 1.15 bits per heavy atom. The second-order valence-electron chi connectivity index (χ2n) is 10.9. The van der Waals surface area contributed by atoms with Crippen molar-refractivity contribution in [2.45, 2.75) is 51.7 Å². The van der Waals surface area contributed by atoms with E-state index in [1.807, 2.05) is 76.1 Å². The number of aromatic nitrogens is 1. The third-order valence-electron chi connectivity index (χ3n) is 6.99. The van der Waals surface area contributed by atoms with Crippen LogP contribution in [0.3, 0.4) is 0 Å². The van der Waals surface area contributed by atoms with E-state index in [1.54, 1.807) is 17.0 Å². The second-order valence-corrected chi connectivity index (χ2v) is 11.7.